The van der Waals surface area contributed by atoms with E-state index in [0.717, 1.165) is 32.1 Å². The maximum atomic E-state index is 11.5. The van der Waals surface area contributed by atoms with Crippen molar-refractivity contribution in [3.8, 4) is 0 Å². The van der Waals surface area contributed by atoms with E-state index in [2.05, 4.69) is 0 Å². The van der Waals surface area contributed by atoms with Crippen molar-refractivity contribution in [1.29, 1.82) is 0 Å². The average molecular weight is 242 g/mol. The van der Waals surface area contributed by atoms with E-state index in [4.69, 9.17) is 4.74 Å². The maximum Gasteiger partial charge on any atom is 0.308 e. The van der Waals surface area contributed by atoms with E-state index in [1.54, 1.807) is 0 Å². The van der Waals surface area contributed by atoms with Crippen molar-refractivity contribution >= 4 is 5.97 Å². The molecule has 4 nitrogen and oxygen atoms in total. The van der Waals surface area contributed by atoms with Crippen molar-refractivity contribution in [2.24, 2.45) is 11.8 Å². The van der Waals surface area contributed by atoms with Crippen LogP contribution >= 0.6 is 0 Å². The Balaban J connectivity index is 1.92. The summed E-state index contributed by atoms with van der Waals surface area (Å²) in [4.78, 5) is 11.5. The van der Waals surface area contributed by atoms with Gasteiger partial charge in [-0.3, -0.25) is 4.79 Å². The highest BCUT2D eigenvalue weighted by Gasteiger charge is 2.43. The first kappa shape index (κ1) is 12.8. The highest BCUT2D eigenvalue weighted by Crippen LogP contribution is 2.45. The molecule has 5 unspecified atom stereocenters. The van der Waals surface area contributed by atoms with Gasteiger partial charge in [0.15, 0.2) is 0 Å². The van der Waals surface area contributed by atoms with Crippen molar-refractivity contribution in [3.63, 3.8) is 0 Å². The zero-order chi connectivity index (χ0) is 12.4. The second kappa shape index (κ2) is 5.36. The van der Waals surface area contributed by atoms with Crippen molar-refractivity contribution in [3.05, 3.63) is 0 Å². The van der Waals surface area contributed by atoms with Crippen molar-refractivity contribution in [1.82, 2.24) is 0 Å². The van der Waals surface area contributed by atoms with Gasteiger partial charge in [0, 0.05) is 0 Å². The SMILES string of the molecule is CC1CCCC(O)CC2CC2C(O)CC(=O)O1. The number of carbonyl (C=O) groups excluding carboxylic acids is 1. The van der Waals surface area contributed by atoms with E-state index < -0.39 is 6.10 Å². The summed E-state index contributed by atoms with van der Waals surface area (Å²) >= 11 is 0. The first-order valence-corrected chi connectivity index (χ1v) is 6.62. The summed E-state index contributed by atoms with van der Waals surface area (Å²) in [5.74, 6) is 0.286. The molecule has 0 bridgehead atoms. The fraction of sp³-hybridized carbons (Fsp3) is 0.923. The molecule has 2 aliphatic rings. The van der Waals surface area contributed by atoms with E-state index in [9.17, 15) is 15.0 Å². The molecule has 1 aliphatic heterocycles. The molecule has 1 saturated heterocycles. The molecule has 17 heavy (non-hydrogen) atoms. The molecule has 1 aliphatic carbocycles. The van der Waals surface area contributed by atoms with Crippen molar-refractivity contribution in [2.75, 3.05) is 0 Å². The molecule has 5 atom stereocenters. The van der Waals surface area contributed by atoms with Crippen LogP contribution in [0.25, 0.3) is 0 Å². The van der Waals surface area contributed by atoms with Gasteiger partial charge < -0.3 is 14.9 Å². The Labute approximate surface area is 102 Å². The van der Waals surface area contributed by atoms with Gasteiger partial charge in [0.25, 0.3) is 0 Å². The Morgan fingerprint density at radius 1 is 1.24 bits per heavy atom. The molecule has 0 aromatic carbocycles. The second-order valence-corrected chi connectivity index (χ2v) is 5.55. The highest BCUT2D eigenvalue weighted by molar-refractivity contribution is 5.70. The number of cyclic esters (lactones) is 1. The van der Waals surface area contributed by atoms with E-state index in [1.165, 1.54) is 0 Å². The summed E-state index contributed by atoms with van der Waals surface area (Å²) in [6, 6.07) is 0. The van der Waals surface area contributed by atoms with Crippen LogP contribution in [0.2, 0.25) is 0 Å². The first-order valence-electron chi connectivity index (χ1n) is 6.62. The van der Waals surface area contributed by atoms with Crippen LogP contribution in [0.15, 0.2) is 0 Å². The predicted molar refractivity (Wildman–Crippen MR) is 62.2 cm³/mol. The molecular formula is C13H22O4. The number of esters is 1. The molecule has 2 N–H and O–H groups in total. The lowest BCUT2D eigenvalue weighted by Crippen LogP contribution is -2.23. The van der Waals surface area contributed by atoms with Crippen LogP contribution in [0.5, 0.6) is 0 Å². The molecule has 2 fully saturated rings. The van der Waals surface area contributed by atoms with E-state index in [1.807, 2.05) is 6.92 Å². The second-order valence-electron chi connectivity index (χ2n) is 5.55. The smallest absolute Gasteiger partial charge is 0.308 e. The van der Waals surface area contributed by atoms with Gasteiger partial charge in [0.1, 0.15) is 0 Å². The summed E-state index contributed by atoms with van der Waals surface area (Å²) in [5.41, 5.74) is 0. The molecule has 0 aromatic rings. The third-order valence-electron chi connectivity index (χ3n) is 3.90. The number of aliphatic hydroxyl groups excluding tert-OH is 2. The Bertz CT molecular complexity index is 279. The van der Waals surface area contributed by atoms with Gasteiger partial charge in [-0.25, -0.2) is 0 Å². The topological polar surface area (TPSA) is 66.8 Å². The Kier molecular flexibility index (Phi) is 4.05. The van der Waals surface area contributed by atoms with Gasteiger partial charge in [-0.2, -0.15) is 0 Å². The van der Waals surface area contributed by atoms with Crippen LogP contribution < -0.4 is 0 Å². The molecule has 2 rings (SSSR count). The van der Waals surface area contributed by atoms with Gasteiger partial charge in [-0.1, -0.05) is 0 Å². The lowest BCUT2D eigenvalue weighted by Gasteiger charge is -2.18. The molecule has 0 aromatic heterocycles. The molecule has 0 amide bonds. The summed E-state index contributed by atoms with van der Waals surface area (Å²) in [6.07, 6.45) is 3.26. The van der Waals surface area contributed by atoms with Crippen LogP contribution in [0.1, 0.15) is 45.4 Å². The summed E-state index contributed by atoms with van der Waals surface area (Å²) in [5, 5.41) is 19.7. The molecule has 1 heterocycles. The largest absolute Gasteiger partial charge is 0.463 e. The standard InChI is InChI=1S/C13H22O4/c1-8-3-2-4-10(14)5-9-6-11(9)12(15)7-13(16)17-8/h8-12,14-15H,2-7H2,1H3. The lowest BCUT2D eigenvalue weighted by molar-refractivity contribution is -0.151. The molecule has 0 spiro atoms. The van der Waals surface area contributed by atoms with E-state index in [-0.39, 0.29) is 30.5 Å². The zero-order valence-corrected chi connectivity index (χ0v) is 10.3. The number of rotatable bonds is 0. The molecular weight excluding hydrogens is 220 g/mol. The highest BCUT2D eigenvalue weighted by atomic mass is 16.5. The quantitative estimate of drug-likeness (QED) is 0.627. The third kappa shape index (κ3) is 3.68. The summed E-state index contributed by atoms with van der Waals surface area (Å²) in [6.45, 7) is 1.86. The minimum atomic E-state index is -0.591. The van der Waals surface area contributed by atoms with E-state index >= 15 is 0 Å². The van der Waals surface area contributed by atoms with Crippen molar-refractivity contribution < 1.29 is 19.7 Å². The number of ether oxygens (including phenoxy) is 1. The average Bonchev–Trinajstić information content (AvgIpc) is 2.95. The van der Waals surface area contributed by atoms with Crippen LogP contribution in [0.3, 0.4) is 0 Å². The van der Waals surface area contributed by atoms with Crippen molar-refractivity contribution in [2.45, 2.75) is 63.8 Å². The molecule has 98 valence electrons. The zero-order valence-electron chi connectivity index (χ0n) is 10.3. The van der Waals surface area contributed by atoms with Gasteiger partial charge in [-0.15, -0.1) is 0 Å². The van der Waals surface area contributed by atoms with E-state index in [0.29, 0.717) is 5.92 Å². The number of fused-ring (bicyclic) bond motifs is 1. The van der Waals surface area contributed by atoms with Gasteiger partial charge in [0.2, 0.25) is 0 Å². The monoisotopic (exact) mass is 242 g/mol. The van der Waals surface area contributed by atoms with Gasteiger partial charge >= 0.3 is 5.97 Å². The number of hydrogen-bond acceptors (Lipinski definition) is 4. The van der Waals surface area contributed by atoms with Crippen LogP contribution in [0, 0.1) is 11.8 Å². The Morgan fingerprint density at radius 3 is 2.76 bits per heavy atom. The summed E-state index contributed by atoms with van der Waals surface area (Å²) < 4.78 is 5.22. The number of aliphatic hydroxyl groups is 2. The predicted octanol–water partition coefficient (Wildman–Crippen LogP) is 1.24. The van der Waals surface area contributed by atoms with Crippen LogP contribution in [-0.4, -0.2) is 34.5 Å². The molecule has 0 radical (unpaired) electrons. The minimum Gasteiger partial charge on any atom is -0.463 e. The Morgan fingerprint density at radius 2 is 2.00 bits per heavy atom. The molecule has 4 heteroatoms. The fourth-order valence-electron chi connectivity index (χ4n) is 2.78. The Hall–Kier alpha value is -0.610. The van der Waals surface area contributed by atoms with Gasteiger partial charge in [0.05, 0.1) is 24.7 Å². The summed E-state index contributed by atoms with van der Waals surface area (Å²) in [7, 11) is 0. The number of hydrogen-bond donors (Lipinski definition) is 2. The third-order valence-corrected chi connectivity index (χ3v) is 3.90. The lowest BCUT2D eigenvalue weighted by atomic mass is 10.0. The normalized spacial score (nSPS) is 43.9. The number of carbonyl (C=O) groups is 1. The minimum absolute atomic E-state index is 0.0988. The first-order chi connectivity index (χ1) is 8.06. The fourth-order valence-corrected chi connectivity index (χ4v) is 2.78. The van der Waals surface area contributed by atoms with Crippen LogP contribution in [0.4, 0.5) is 0 Å². The molecule has 1 saturated carbocycles. The maximum absolute atomic E-state index is 11.5. The van der Waals surface area contributed by atoms with Gasteiger partial charge in [-0.05, 0) is 50.9 Å². The van der Waals surface area contributed by atoms with Crippen LogP contribution in [-0.2, 0) is 9.53 Å².